The second-order valence-electron chi connectivity index (χ2n) is 5.85. The van der Waals surface area contributed by atoms with Gasteiger partial charge in [0.1, 0.15) is 0 Å². The molecule has 0 radical (unpaired) electrons. The molecule has 0 amide bonds. The van der Waals surface area contributed by atoms with Gasteiger partial charge in [0.05, 0.1) is 8.07 Å². The zero-order valence-electron chi connectivity index (χ0n) is 9.98. The SMILES string of the molecule is CC(C)(C)n1cc(I)c([Si](C)(C)C)c1. The Hall–Kier alpha value is 0.227. The van der Waals surface area contributed by atoms with Crippen molar-refractivity contribution in [1.82, 2.24) is 4.57 Å². The van der Waals surface area contributed by atoms with Gasteiger partial charge in [-0.2, -0.15) is 0 Å². The molecule has 1 heterocycles. The highest BCUT2D eigenvalue weighted by molar-refractivity contribution is 14.1. The smallest absolute Gasteiger partial charge is 0.0809 e. The van der Waals surface area contributed by atoms with E-state index < -0.39 is 8.07 Å². The summed E-state index contributed by atoms with van der Waals surface area (Å²) in [5.41, 5.74) is 0.206. The predicted octanol–water partition coefficient (Wildman–Crippen LogP) is 3.39. The van der Waals surface area contributed by atoms with Crippen molar-refractivity contribution in [3.63, 3.8) is 0 Å². The first-order valence-electron chi connectivity index (χ1n) is 5.01. The topological polar surface area (TPSA) is 4.93 Å². The third kappa shape index (κ3) is 2.63. The maximum atomic E-state index is 2.46. The van der Waals surface area contributed by atoms with Crippen molar-refractivity contribution in [2.45, 2.75) is 46.0 Å². The summed E-state index contributed by atoms with van der Waals surface area (Å²) in [7, 11) is -1.16. The van der Waals surface area contributed by atoms with Gasteiger partial charge in [-0.3, -0.25) is 0 Å². The van der Waals surface area contributed by atoms with Crippen LogP contribution >= 0.6 is 22.6 Å². The highest BCUT2D eigenvalue weighted by atomic mass is 127. The molecule has 1 nitrogen and oxygen atoms in total. The summed E-state index contributed by atoms with van der Waals surface area (Å²) in [6.45, 7) is 13.9. The van der Waals surface area contributed by atoms with Crippen LogP contribution in [0.15, 0.2) is 12.4 Å². The Kier molecular flexibility index (Phi) is 3.22. The van der Waals surface area contributed by atoms with E-state index in [1.807, 2.05) is 0 Å². The van der Waals surface area contributed by atoms with E-state index in [-0.39, 0.29) is 5.54 Å². The lowest BCUT2D eigenvalue weighted by molar-refractivity contribution is 0.398. The van der Waals surface area contributed by atoms with E-state index in [1.54, 1.807) is 5.19 Å². The molecule has 1 aromatic rings. The lowest BCUT2D eigenvalue weighted by atomic mass is 10.1. The molecule has 0 aliphatic heterocycles. The fourth-order valence-electron chi connectivity index (χ4n) is 1.37. The molecule has 14 heavy (non-hydrogen) atoms. The quantitative estimate of drug-likeness (QED) is 0.552. The van der Waals surface area contributed by atoms with Gasteiger partial charge in [0.25, 0.3) is 0 Å². The van der Waals surface area contributed by atoms with Crippen LogP contribution in [-0.4, -0.2) is 12.6 Å². The van der Waals surface area contributed by atoms with Crippen molar-refractivity contribution < 1.29 is 0 Å². The lowest BCUT2D eigenvalue weighted by Gasteiger charge is -2.21. The molecule has 0 N–H and O–H groups in total. The fourth-order valence-corrected chi connectivity index (χ4v) is 5.54. The third-order valence-corrected chi connectivity index (χ3v) is 5.74. The van der Waals surface area contributed by atoms with E-state index >= 15 is 0 Å². The van der Waals surface area contributed by atoms with Crippen LogP contribution in [0.4, 0.5) is 0 Å². The van der Waals surface area contributed by atoms with Crippen molar-refractivity contribution in [3.8, 4) is 0 Å². The summed E-state index contributed by atoms with van der Waals surface area (Å²) >= 11 is 2.46. The number of rotatable bonds is 1. The molecule has 0 saturated carbocycles. The second-order valence-corrected chi connectivity index (χ2v) is 12.0. The molecule has 0 aliphatic carbocycles. The van der Waals surface area contributed by atoms with Crippen LogP contribution < -0.4 is 5.19 Å². The monoisotopic (exact) mass is 321 g/mol. The van der Waals surface area contributed by atoms with Gasteiger partial charge in [0.15, 0.2) is 0 Å². The molecule has 0 saturated heterocycles. The minimum Gasteiger partial charge on any atom is -0.348 e. The van der Waals surface area contributed by atoms with Crippen LogP contribution in [0.3, 0.4) is 0 Å². The lowest BCUT2D eigenvalue weighted by Crippen LogP contribution is -2.38. The summed E-state index contributed by atoms with van der Waals surface area (Å²) in [5.74, 6) is 0. The Balaban J connectivity index is 3.19. The van der Waals surface area contributed by atoms with Gasteiger partial charge in [0.2, 0.25) is 0 Å². The van der Waals surface area contributed by atoms with E-state index in [1.165, 1.54) is 3.57 Å². The molecular formula is C11H20INSi. The molecule has 0 bridgehead atoms. The number of hydrogen-bond acceptors (Lipinski definition) is 0. The maximum absolute atomic E-state index is 2.46. The van der Waals surface area contributed by atoms with Crippen LogP contribution in [0.2, 0.25) is 19.6 Å². The van der Waals surface area contributed by atoms with Crippen molar-refractivity contribution in [2.24, 2.45) is 0 Å². The van der Waals surface area contributed by atoms with Gasteiger partial charge >= 0.3 is 0 Å². The first-order valence-corrected chi connectivity index (χ1v) is 9.59. The molecule has 0 atom stereocenters. The first kappa shape index (κ1) is 12.3. The molecule has 0 unspecified atom stereocenters. The summed E-state index contributed by atoms with van der Waals surface area (Å²) in [4.78, 5) is 0. The Bertz CT molecular complexity index is 328. The number of hydrogen-bond donors (Lipinski definition) is 0. The maximum Gasteiger partial charge on any atom is 0.0809 e. The number of nitrogens with zero attached hydrogens (tertiary/aromatic N) is 1. The van der Waals surface area contributed by atoms with E-state index in [9.17, 15) is 0 Å². The van der Waals surface area contributed by atoms with Crippen LogP contribution in [-0.2, 0) is 5.54 Å². The van der Waals surface area contributed by atoms with Gasteiger partial charge in [-0.05, 0) is 48.5 Å². The van der Waals surface area contributed by atoms with Gasteiger partial charge in [-0.15, -0.1) is 0 Å². The third-order valence-electron chi connectivity index (χ3n) is 2.36. The second kappa shape index (κ2) is 3.67. The Labute approximate surface area is 102 Å². The highest BCUT2D eigenvalue weighted by Gasteiger charge is 2.23. The Morgan fingerprint density at radius 1 is 1.14 bits per heavy atom. The summed E-state index contributed by atoms with van der Waals surface area (Å²) in [6.07, 6.45) is 4.61. The summed E-state index contributed by atoms with van der Waals surface area (Å²) in [6, 6.07) is 0. The zero-order valence-corrected chi connectivity index (χ0v) is 13.1. The van der Waals surface area contributed by atoms with Gasteiger partial charge in [0, 0.05) is 21.5 Å². The molecule has 1 aromatic heterocycles. The van der Waals surface area contributed by atoms with E-state index in [4.69, 9.17) is 0 Å². The Morgan fingerprint density at radius 2 is 1.64 bits per heavy atom. The van der Waals surface area contributed by atoms with Crippen LogP contribution in [0.1, 0.15) is 20.8 Å². The number of aromatic nitrogens is 1. The Morgan fingerprint density at radius 3 is 1.86 bits per heavy atom. The largest absolute Gasteiger partial charge is 0.348 e. The normalized spacial score (nSPS) is 13.4. The average molecular weight is 321 g/mol. The molecule has 1 rings (SSSR count). The minimum atomic E-state index is -1.16. The van der Waals surface area contributed by atoms with Gasteiger partial charge in [-0.1, -0.05) is 19.6 Å². The number of halogens is 1. The molecule has 80 valence electrons. The molecule has 0 fully saturated rings. The van der Waals surface area contributed by atoms with Crippen LogP contribution in [0, 0.1) is 3.57 Å². The van der Waals surface area contributed by atoms with E-state index in [0.29, 0.717) is 0 Å². The van der Waals surface area contributed by atoms with Gasteiger partial charge in [-0.25, -0.2) is 0 Å². The molecule has 0 aliphatic rings. The van der Waals surface area contributed by atoms with Crippen molar-refractivity contribution in [1.29, 1.82) is 0 Å². The minimum absolute atomic E-state index is 0.206. The standard InChI is InChI=1S/C11H20INSi/c1-11(2,3)13-7-9(12)10(8-13)14(4,5)6/h7-8H,1-6H3. The first-order chi connectivity index (χ1) is 6.12. The van der Waals surface area contributed by atoms with Crippen LogP contribution in [0.25, 0.3) is 0 Å². The van der Waals surface area contributed by atoms with Crippen LogP contribution in [0.5, 0.6) is 0 Å². The van der Waals surface area contributed by atoms with E-state index in [2.05, 4.69) is 80.0 Å². The average Bonchev–Trinajstić information content (AvgIpc) is 2.27. The van der Waals surface area contributed by atoms with E-state index in [0.717, 1.165) is 0 Å². The molecule has 0 aromatic carbocycles. The highest BCUT2D eigenvalue weighted by Crippen LogP contribution is 2.18. The fraction of sp³-hybridized carbons (Fsp3) is 0.636. The zero-order chi connectivity index (χ0) is 11.1. The molecule has 0 spiro atoms. The molecular weight excluding hydrogens is 301 g/mol. The summed E-state index contributed by atoms with van der Waals surface area (Å²) in [5, 5.41) is 1.58. The molecule has 3 heteroatoms. The summed E-state index contributed by atoms with van der Waals surface area (Å²) < 4.78 is 3.76. The van der Waals surface area contributed by atoms with Crippen molar-refractivity contribution in [2.75, 3.05) is 0 Å². The van der Waals surface area contributed by atoms with Crippen molar-refractivity contribution in [3.05, 3.63) is 16.0 Å². The van der Waals surface area contributed by atoms with Crippen molar-refractivity contribution >= 4 is 35.9 Å². The van der Waals surface area contributed by atoms with Gasteiger partial charge < -0.3 is 4.57 Å². The predicted molar refractivity (Wildman–Crippen MR) is 75.1 cm³/mol.